The second kappa shape index (κ2) is 14.0. The number of rotatable bonds is 0. The highest BCUT2D eigenvalue weighted by Gasteiger charge is 2.15. The van der Waals surface area contributed by atoms with Gasteiger partial charge in [0, 0.05) is 32.3 Å². The van der Waals surface area contributed by atoms with E-state index < -0.39 is 0 Å². The molecule has 63 heavy (non-hydrogen) atoms. The van der Waals surface area contributed by atoms with Crippen molar-refractivity contribution in [2.24, 2.45) is 0 Å². The molecule has 294 valence electrons. The predicted molar refractivity (Wildman–Crippen MR) is 263 cm³/mol. The summed E-state index contributed by atoms with van der Waals surface area (Å²) in [6.45, 7) is 0. The Labute approximate surface area is 360 Å². The number of pyridine rings is 3. The highest BCUT2D eigenvalue weighted by atomic mass is 15.0. The van der Waals surface area contributed by atoms with E-state index in [1.54, 1.807) is 0 Å². The number of para-hydroxylation sites is 9. The molecule has 0 unspecified atom stereocenters. The molecule has 0 fully saturated rings. The van der Waals surface area contributed by atoms with Crippen LogP contribution in [0.5, 0.6) is 0 Å². The first-order valence-corrected chi connectivity index (χ1v) is 21.3. The molecule has 6 heteroatoms. The maximum Gasteiger partial charge on any atom is 0.146 e. The van der Waals surface area contributed by atoms with E-state index in [1.165, 1.54) is 65.0 Å². The van der Waals surface area contributed by atoms with Gasteiger partial charge in [0.1, 0.15) is 16.9 Å². The third-order valence-corrected chi connectivity index (χ3v) is 12.5. The smallest absolute Gasteiger partial charge is 0.146 e. The largest absolute Gasteiger partial charge is 0.292 e. The van der Waals surface area contributed by atoms with E-state index in [0.717, 1.165) is 50.0 Å². The Balaban J connectivity index is 0.0000000957. The van der Waals surface area contributed by atoms with Crippen LogP contribution in [-0.4, -0.2) is 28.2 Å². The Morgan fingerprint density at radius 2 is 0.397 bits per heavy atom. The molecular weight excluding hydrogens is 769 g/mol. The van der Waals surface area contributed by atoms with Crippen LogP contribution in [0.25, 0.3) is 115 Å². The Kier molecular flexibility index (Phi) is 7.80. The number of aromatic nitrogens is 6. The third-order valence-electron chi connectivity index (χ3n) is 12.5. The van der Waals surface area contributed by atoms with E-state index in [1.807, 2.05) is 18.2 Å². The summed E-state index contributed by atoms with van der Waals surface area (Å²) in [4.78, 5) is 14.6. The summed E-state index contributed by atoms with van der Waals surface area (Å²) in [5.74, 6) is 0. The van der Waals surface area contributed by atoms with Gasteiger partial charge in [-0.1, -0.05) is 164 Å². The molecule has 0 atom stereocenters. The molecule has 6 nitrogen and oxygen atoms in total. The zero-order chi connectivity index (χ0) is 41.4. The Morgan fingerprint density at radius 3 is 0.683 bits per heavy atom. The van der Waals surface area contributed by atoms with Gasteiger partial charge < -0.3 is 0 Å². The van der Waals surface area contributed by atoms with E-state index >= 15 is 0 Å². The summed E-state index contributed by atoms with van der Waals surface area (Å²) in [5, 5.41) is 11.2. The minimum absolute atomic E-state index is 1.03. The summed E-state index contributed by atoms with van der Waals surface area (Å²) in [7, 11) is 0. The van der Waals surface area contributed by atoms with Crippen molar-refractivity contribution in [3.05, 3.63) is 218 Å². The first-order valence-electron chi connectivity index (χ1n) is 21.3. The van der Waals surface area contributed by atoms with E-state index in [0.29, 0.717) is 0 Å². The molecule has 15 aromatic rings. The lowest BCUT2D eigenvalue weighted by Crippen LogP contribution is -1.90. The molecule has 0 N–H and O–H groups in total. The van der Waals surface area contributed by atoms with Gasteiger partial charge in [0.2, 0.25) is 0 Å². The minimum Gasteiger partial charge on any atom is -0.292 e. The molecule has 0 aliphatic heterocycles. The number of benzene rings is 9. The average molecular weight is 805 g/mol. The van der Waals surface area contributed by atoms with Crippen molar-refractivity contribution in [1.29, 1.82) is 0 Å². The first-order chi connectivity index (χ1) is 31.3. The average Bonchev–Trinajstić information content (AvgIpc) is 4.08. The lowest BCUT2D eigenvalue weighted by atomic mass is 10.1. The van der Waals surface area contributed by atoms with Crippen molar-refractivity contribution in [3.63, 3.8) is 0 Å². The molecule has 0 amide bonds. The van der Waals surface area contributed by atoms with Crippen LogP contribution in [0, 0.1) is 0 Å². The molecule has 0 spiro atoms. The quantitative estimate of drug-likeness (QED) is 0.143. The second-order valence-corrected chi connectivity index (χ2v) is 16.0. The molecule has 15 rings (SSSR count). The zero-order valence-corrected chi connectivity index (χ0v) is 34.0. The molecule has 0 aliphatic carbocycles. The van der Waals surface area contributed by atoms with Gasteiger partial charge in [0.25, 0.3) is 0 Å². The van der Waals surface area contributed by atoms with Crippen molar-refractivity contribution < 1.29 is 0 Å². The van der Waals surface area contributed by atoms with Gasteiger partial charge in [-0.25, -0.2) is 15.0 Å². The Morgan fingerprint density at radius 1 is 0.190 bits per heavy atom. The first kappa shape index (κ1) is 35.2. The molecule has 0 aliphatic rings. The third kappa shape index (κ3) is 5.35. The van der Waals surface area contributed by atoms with E-state index in [4.69, 9.17) is 15.0 Å². The minimum atomic E-state index is 1.03. The van der Waals surface area contributed by atoms with Crippen LogP contribution in [-0.2, 0) is 0 Å². The van der Waals surface area contributed by atoms with Crippen LogP contribution in [0.15, 0.2) is 218 Å². The SMILES string of the molecule is c1ccc2c(c1)nc1c3ccccc3c3ccccc3n21.c1ccc2c(c1)nc1c3ccccc3c3ccccc3n21.c1ccc2c(c1)nc1c3ccccc3c3ccccc3n21. The van der Waals surface area contributed by atoms with Crippen LogP contribution in [0.1, 0.15) is 0 Å². The molecule has 0 saturated heterocycles. The molecule has 6 heterocycles. The lowest BCUT2D eigenvalue weighted by molar-refractivity contribution is 1.31. The van der Waals surface area contributed by atoms with Crippen molar-refractivity contribution >= 4 is 115 Å². The van der Waals surface area contributed by atoms with Crippen molar-refractivity contribution in [2.45, 2.75) is 0 Å². The summed E-state index contributed by atoms with van der Waals surface area (Å²) in [6.07, 6.45) is 0. The van der Waals surface area contributed by atoms with Gasteiger partial charge in [-0.05, 0) is 70.8 Å². The van der Waals surface area contributed by atoms with Crippen LogP contribution in [0.2, 0.25) is 0 Å². The highest BCUT2D eigenvalue weighted by molar-refractivity contribution is 6.16. The van der Waals surface area contributed by atoms with Gasteiger partial charge in [-0.3, -0.25) is 13.2 Å². The number of hydrogen-bond acceptors (Lipinski definition) is 3. The van der Waals surface area contributed by atoms with Crippen LogP contribution in [0.4, 0.5) is 0 Å². The molecule has 9 aromatic carbocycles. The number of fused-ring (bicyclic) bond motifs is 24. The van der Waals surface area contributed by atoms with Crippen molar-refractivity contribution in [2.75, 3.05) is 0 Å². The molecule has 6 aromatic heterocycles. The summed E-state index contributed by atoms with van der Waals surface area (Å²) >= 11 is 0. The maximum atomic E-state index is 4.86. The highest BCUT2D eigenvalue weighted by Crippen LogP contribution is 2.35. The zero-order valence-electron chi connectivity index (χ0n) is 34.0. The van der Waals surface area contributed by atoms with E-state index in [-0.39, 0.29) is 0 Å². The van der Waals surface area contributed by atoms with Gasteiger partial charge in [0.05, 0.1) is 49.7 Å². The summed E-state index contributed by atoms with van der Waals surface area (Å²) < 4.78 is 6.81. The van der Waals surface area contributed by atoms with Gasteiger partial charge in [0.15, 0.2) is 0 Å². The Bertz CT molecular complexity index is 3850. The van der Waals surface area contributed by atoms with Gasteiger partial charge >= 0.3 is 0 Å². The summed E-state index contributed by atoms with van der Waals surface area (Å²) in [5.41, 5.74) is 13.3. The van der Waals surface area contributed by atoms with Crippen LogP contribution in [0.3, 0.4) is 0 Å². The van der Waals surface area contributed by atoms with Crippen LogP contribution >= 0.6 is 0 Å². The number of imidazole rings is 3. The monoisotopic (exact) mass is 804 g/mol. The van der Waals surface area contributed by atoms with E-state index in [2.05, 4.69) is 213 Å². The number of nitrogens with zero attached hydrogens (tertiary/aromatic N) is 6. The fourth-order valence-electron chi connectivity index (χ4n) is 9.78. The van der Waals surface area contributed by atoms with Crippen LogP contribution < -0.4 is 0 Å². The molecule has 0 bridgehead atoms. The second-order valence-electron chi connectivity index (χ2n) is 16.0. The van der Waals surface area contributed by atoms with Gasteiger partial charge in [-0.15, -0.1) is 0 Å². The van der Waals surface area contributed by atoms with E-state index in [9.17, 15) is 0 Å². The van der Waals surface area contributed by atoms with Gasteiger partial charge in [-0.2, -0.15) is 0 Å². The molecular formula is C57H36N6. The maximum absolute atomic E-state index is 4.86. The molecule has 0 saturated carbocycles. The van der Waals surface area contributed by atoms with Crippen molar-refractivity contribution in [1.82, 2.24) is 28.2 Å². The van der Waals surface area contributed by atoms with Crippen molar-refractivity contribution in [3.8, 4) is 0 Å². The topological polar surface area (TPSA) is 51.9 Å². The summed E-state index contributed by atoms with van der Waals surface area (Å²) in [6, 6.07) is 76.1. The lowest BCUT2D eigenvalue weighted by Gasteiger charge is -2.08. The Hall–Kier alpha value is -8.61. The number of hydrogen-bond donors (Lipinski definition) is 0. The molecule has 0 radical (unpaired) electrons. The normalized spacial score (nSPS) is 11.8. The predicted octanol–water partition coefficient (Wildman–Crippen LogP) is 14.4. The fourth-order valence-corrected chi connectivity index (χ4v) is 9.78. The fraction of sp³-hybridized carbons (Fsp3) is 0. The standard InChI is InChI=1S/3C19H12N2/c3*1-2-9-15-13(7-1)14-8-3-5-11-17(14)21-18-12-6-4-10-16(18)20-19(15)21/h3*1-12H.